The van der Waals surface area contributed by atoms with E-state index in [1.165, 1.54) is 5.56 Å². The molecular formula is C12H15ClO2. The zero-order valence-corrected chi connectivity index (χ0v) is 9.55. The first-order chi connectivity index (χ1) is 7.13. The van der Waals surface area contributed by atoms with Gasteiger partial charge in [-0.2, -0.15) is 0 Å². The molecule has 0 aliphatic heterocycles. The van der Waals surface area contributed by atoms with Gasteiger partial charge in [-0.05, 0) is 36.1 Å². The number of halogens is 1. The Kier molecular flexibility index (Phi) is 4.63. The number of carbonyl (C=O) groups is 1. The Labute approximate surface area is 94.9 Å². The maximum absolute atomic E-state index is 10.5. The number of carboxylic acids is 1. The lowest BCUT2D eigenvalue weighted by Crippen LogP contribution is -2.00. The molecule has 2 nitrogen and oxygen atoms in total. The summed E-state index contributed by atoms with van der Waals surface area (Å²) in [6.07, 6.45) is 2.76. The van der Waals surface area contributed by atoms with E-state index in [1.54, 1.807) is 0 Å². The second-order valence-electron chi connectivity index (χ2n) is 3.56. The summed E-state index contributed by atoms with van der Waals surface area (Å²) in [6.45, 7) is 2.10. The van der Waals surface area contributed by atoms with Crippen molar-refractivity contribution in [3.63, 3.8) is 0 Å². The third-order valence-corrected chi connectivity index (χ3v) is 2.53. The average Bonchev–Trinajstić information content (AvgIpc) is 2.17. The third-order valence-electron chi connectivity index (χ3n) is 2.30. The van der Waals surface area contributed by atoms with Crippen LogP contribution in [-0.2, 0) is 17.6 Å². The SMILES string of the molecule is CCCc1cc(Cl)ccc1CCC(=O)O. The second-order valence-corrected chi connectivity index (χ2v) is 3.99. The molecule has 0 unspecified atom stereocenters. The lowest BCUT2D eigenvalue weighted by molar-refractivity contribution is -0.136. The van der Waals surface area contributed by atoms with Crippen LogP contribution in [0.15, 0.2) is 18.2 Å². The standard InChI is InChI=1S/C12H15ClO2/c1-2-3-10-8-11(13)6-4-9(10)5-7-12(14)15/h4,6,8H,2-3,5,7H2,1H3,(H,14,15). The summed E-state index contributed by atoms with van der Waals surface area (Å²) >= 11 is 5.90. The summed E-state index contributed by atoms with van der Waals surface area (Å²) in [5.74, 6) is -0.757. The predicted molar refractivity (Wildman–Crippen MR) is 61.4 cm³/mol. The van der Waals surface area contributed by atoms with Crippen molar-refractivity contribution in [1.29, 1.82) is 0 Å². The van der Waals surface area contributed by atoms with Crippen molar-refractivity contribution in [3.8, 4) is 0 Å². The molecule has 0 aliphatic carbocycles. The molecule has 3 heteroatoms. The van der Waals surface area contributed by atoms with Crippen LogP contribution in [0.4, 0.5) is 0 Å². The van der Waals surface area contributed by atoms with Crippen molar-refractivity contribution < 1.29 is 9.90 Å². The average molecular weight is 227 g/mol. The number of aliphatic carboxylic acids is 1. The Morgan fingerprint density at radius 1 is 1.33 bits per heavy atom. The molecular weight excluding hydrogens is 212 g/mol. The maximum Gasteiger partial charge on any atom is 0.303 e. The van der Waals surface area contributed by atoms with Crippen LogP contribution >= 0.6 is 11.6 Å². The molecule has 82 valence electrons. The molecule has 0 atom stereocenters. The van der Waals surface area contributed by atoms with Crippen molar-refractivity contribution in [2.75, 3.05) is 0 Å². The Balaban J connectivity index is 2.80. The fourth-order valence-electron chi connectivity index (χ4n) is 1.58. The third kappa shape index (κ3) is 3.92. The van der Waals surface area contributed by atoms with E-state index in [9.17, 15) is 4.79 Å². The highest BCUT2D eigenvalue weighted by Gasteiger charge is 2.05. The van der Waals surface area contributed by atoms with Crippen LogP contribution in [0.5, 0.6) is 0 Å². The van der Waals surface area contributed by atoms with Gasteiger partial charge in [-0.3, -0.25) is 4.79 Å². The smallest absolute Gasteiger partial charge is 0.303 e. The summed E-state index contributed by atoms with van der Waals surface area (Å²) in [5, 5.41) is 9.34. The zero-order chi connectivity index (χ0) is 11.3. The predicted octanol–water partition coefficient (Wildman–Crippen LogP) is 3.31. The monoisotopic (exact) mass is 226 g/mol. The van der Waals surface area contributed by atoms with Gasteiger partial charge in [0.2, 0.25) is 0 Å². The lowest BCUT2D eigenvalue weighted by atomic mass is 9.99. The van der Waals surface area contributed by atoms with Gasteiger partial charge in [-0.25, -0.2) is 0 Å². The minimum Gasteiger partial charge on any atom is -0.481 e. The van der Waals surface area contributed by atoms with E-state index in [1.807, 2.05) is 18.2 Å². The van der Waals surface area contributed by atoms with Crippen LogP contribution in [0.25, 0.3) is 0 Å². The normalized spacial score (nSPS) is 10.3. The van der Waals surface area contributed by atoms with Crippen LogP contribution in [-0.4, -0.2) is 11.1 Å². The number of hydrogen-bond acceptors (Lipinski definition) is 1. The summed E-state index contributed by atoms with van der Waals surface area (Å²) in [6, 6.07) is 5.68. The molecule has 0 bridgehead atoms. The highest BCUT2D eigenvalue weighted by molar-refractivity contribution is 6.30. The van der Waals surface area contributed by atoms with Gasteiger partial charge < -0.3 is 5.11 Å². The number of carboxylic acid groups (broad SMARTS) is 1. The van der Waals surface area contributed by atoms with Crippen molar-refractivity contribution in [2.45, 2.75) is 32.6 Å². The summed E-state index contributed by atoms with van der Waals surface area (Å²) in [5.41, 5.74) is 2.27. The number of hydrogen-bond donors (Lipinski definition) is 1. The lowest BCUT2D eigenvalue weighted by Gasteiger charge is -2.08. The molecule has 0 heterocycles. The van der Waals surface area contributed by atoms with E-state index in [0.29, 0.717) is 6.42 Å². The molecule has 15 heavy (non-hydrogen) atoms. The highest BCUT2D eigenvalue weighted by Crippen LogP contribution is 2.19. The van der Waals surface area contributed by atoms with E-state index < -0.39 is 5.97 Å². The summed E-state index contributed by atoms with van der Waals surface area (Å²) < 4.78 is 0. The topological polar surface area (TPSA) is 37.3 Å². The molecule has 0 radical (unpaired) electrons. The zero-order valence-electron chi connectivity index (χ0n) is 8.79. The minimum atomic E-state index is -0.757. The molecule has 1 N–H and O–H groups in total. The molecule has 0 aromatic heterocycles. The van der Waals surface area contributed by atoms with Crippen LogP contribution in [0.2, 0.25) is 5.02 Å². The minimum absolute atomic E-state index is 0.179. The van der Waals surface area contributed by atoms with Crippen molar-refractivity contribution in [1.82, 2.24) is 0 Å². The van der Waals surface area contributed by atoms with Gasteiger partial charge in [-0.15, -0.1) is 0 Å². The van der Waals surface area contributed by atoms with Crippen LogP contribution in [0.1, 0.15) is 30.9 Å². The fraction of sp³-hybridized carbons (Fsp3) is 0.417. The van der Waals surface area contributed by atoms with E-state index in [4.69, 9.17) is 16.7 Å². The Morgan fingerprint density at radius 2 is 2.07 bits per heavy atom. The largest absolute Gasteiger partial charge is 0.481 e. The number of rotatable bonds is 5. The maximum atomic E-state index is 10.5. The highest BCUT2D eigenvalue weighted by atomic mass is 35.5. The first kappa shape index (κ1) is 12.1. The number of benzene rings is 1. The van der Waals surface area contributed by atoms with Crippen LogP contribution < -0.4 is 0 Å². The molecule has 0 aliphatic rings. The quantitative estimate of drug-likeness (QED) is 0.837. The molecule has 0 spiro atoms. The Hall–Kier alpha value is -1.02. The Bertz CT molecular complexity index is 347. The second kappa shape index (κ2) is 5.76. The van der Waals surface area contributed by atoms with Gasteiger partial charge in [0, 0.05) is 11.4 Å². The van der Waals surface area contributed by atoms with Crippen molar-refractivity contribution in [2.24, 2.45) is 0 Å². The molecule has 1 aromatic rings. The molecule has 0 saturated carbocycles. The van der Waals surface area contributed by atoms with Gasteiger partial charge in [0.05, 0.1) is 0 Å². The van der Waals surface area contributed by atoms with Gasteiger partial charge in [0.25, 0.3) is 0 Å². The van der Waals surface area contributed by atoms with Crippen LogP contribution in [0, 0.1) is 0 Å². The fourth-order valence-corrected chi connectivity index (χ4v) is 1.78. The van der Waals surface area contributed by atoms with Gasteiger partial charge in [-0.1, -0.05) is 31.0 Å². The van der Waals surface area contributed by atoms with Crippen LogP contribution in [0.3, 0.4) is 0 Å². The van der Waals surface area contributed by atoms with Crippen molar-refractivity contribution >= 4 is 17.6 Å². The first-order valence-electron chi connectivity index (χ1n) is 5.12. The molecule has 0 amide bonds. The van der Waals surface area contributed by atoms with Gasteiger partial charge in [0.15, 0.2) is 0 Å². The van der Waals surface area contributed by atoms with E-state index >= 15 is 0 Å². The first-order valence-corrected chi connectivity index (χ1v) is 5.50. The van der Waals surface area contributed by atoms with E-state index in [-0.39, 0.29) is 6.42 Å². The molecule has 0 fully saturated rings. The summed E-state index contributed by atoms with van der Waals surface area (Å²) in [4.78, 5) is 10.5. The molecule has 1 rings (SSSR count). The molecule has 0 saturated heterocycles. The summed E-state index contributed by atoms with van der Waals surface area (Å²) in [7, 11) is 0. The Morgan fingerprint density at radius 3 is 2.67 bits per heavy atom. The van der Waals surface area contributed by atoms with Gasteiger partial charge >= 0.3 is 5.97 Å². The van der Waals surface area contributed by atoms with Gasteiger partial charge in [0.1, 0.15) is 0 Å². The van der Waals surface area contributed by atoms with E-state index in [0.717, 1.165) is 23.4 Å². The van der Waals surface area contributed by atoms with Crippen molar-refractivity contribution in [3.05, 3.63) is 34.3 Å². The van der Waals surface area contributed by atoms with E-state index in [2.05, 4.69) is 6.92 Å². The number of aryl methyl sites for hydroxylation is 2. The molecule has 1 aromatic carbocycles.